The first-order valence-corrected chi connectivity index (χ1v) is 7.70. The number of hydrogen-bond acceptors (Lipinski definition) is 4. The summed E-state index contributed by atoms with van der Waals surface area (Å²) >= 11 is 0. The molecular formula is C16H23N5O2. The first-order valence-electron chi connectivity index (χ1n) is 7.70. The molecule has 2 aromatic rings. The maximum absolute atomic E-state index is 12.0. The molecule has 2 N–H and O–H groups in total. The van der Waals surface area contributed by atoms with Crippen molar-refractivity contribution in [3.63, 3.8) is 0 Å². The number of nitrogens with zero attached hydrogens (tertiary/aromatic N) is 3. The van der Waals surface area contributed by atoms with Gasteiger partial charge in [0.1, 0.15) is 12.1 Å². The summed E-state index contributed by atoms with van der Waals surface area (Å²) in [6.07, 6.45) is 2.57. The number of aromatic nitrogens is 3. The Bertz CT molecular complexity index is 641. The Morgan fingerprint density at radius 2 is 2.26 bits per heavy atom. The van der Waals surface area contributed by atoms with Gasteiger partial charge in [-0.1, -0.05) is 19.1 Å². The van der Waals surface area contributed by atoms with Crippen molar-refractivity contribution >= 4 is 6.03 Å². The van der Waals surface area contributed by atoms with Gasteiger partial charge in [0.05, 0.1) is 12.6 Å². The molecule has 0 saturated carbocycles. The van der Waals surface area contributed by atoms with Crippen LogP contribution in [0, 0.1) is 0 Å². The molecule has 23 heavy (non-hydrogen) atoms. The first kappa shape index (κ1) is 16.8. The van der Waals surface area contributed by atoms with Gasteiger partial charge in [-0.3, -0.25) is 0 Å². The number of rotatable bonds is 7. The molecule has 7 nitrogen and oxygen atoms in total. The van der Waals surface area contributed by atoms with Crippen molar-refractivity contribution in [3.8, 4) is 5.75 Å². The van der Waals surface area contributed by atoms with Crippen molar-refractivity contribution in [1.29, 1.82) is 0 Å². The third-order valence-electron chi connectivity index (χ3n) is 3.31. The van der Waals surface area contributed by atoms with Gasteiger partial charge in [-0.15, -0.1) is 10.2 Å². The normalized spacial score (nSPS) is 11.8. The van der Waals surface area contributed by atoms with Gasteiger partial charge in [0, 0.05) is 13.6 Å². The second kappa shape index (κ2) is 8.17. The van der Waals surface area contributed by atoms with Crippen LogP contribution in [0.15, 0.2) is 30.6 Å². The van der Waals surface area contributed by atoms with E-state index in [1.54, 1.807) is 10.9 Å². The van der Waals surface area contributed by atoms with E-state index in [-0.39, 0.29) is 12.1 Å². The maximum Gasteiger partial charge on any atom is 0.315 e. The number of carbonyl (C=O) groups is 1. The number of nitrogens with one attached hydrogen (secondary N) is 2. The minimum absolute atomic E-state index is 0.221. The third-order valence-corrected chi connectivity index (χ3v) is 3.31. The lowest BCUT2D eigenvalue weighted by molar-refractivity contribution is 0.237. The van der Waals surface area contributed by atoms with Gasteiger partial charge in [-0.25, -0.2) is 4.79 Å². The molecule has 0 radical (unpaired) electrons. The van der Waals surface area contributed by atoms with Crippen molar-refractivity contribution in [2.75, 3.05) is 6.61 Å². The molecule has 1 aromatic carbocycles. The van der Waals surface area contributed by atoms with Crippen LogP contribution in [0.2, 0.25) is 0 Å². The molecular weight excluding hydrogens is 294 g/mol. The molecule has 0 spiro atoms. The van der Waals surface area contributed by atoms with E-state index < -0.39 is 0 Å². The highest BCUT2D eigenvalue weighted by Gasteiger charge is 2.13. The molecule has 124 valence electrons. The minimum Gasteiger partial charge on any atom is -0.494 e. The van der Waals surface area contributed by atoms with Crippen LogP contribution >= 0.6 is 0 Å². The van der Waals surface area contributed by atoms with E-state index in [1.807, 2.05) is 38.2 Å². The average Bonchev–Trinajstić information content (AvgIpc) is 2.97. The van der Waals surface area contributed by atoms with Crippen LogP contribution in [-0.2, 0) is 13.6 Å². The lowest BCUT2D eigenvalue weighted by Crippen LogP contribution is -2.37. The zero-order chi connectivity index (χ0) is 16.7. The number of benzene rings is 1. The highest BCUT2D eigenvalue weighted by atomic mass is 16.5. The van der Waals surface area contributed by atoms with Gasteiger partial charge in [0.25, 0.3) is 0 Å². The lowest BCUT2D eigenvalue weighted by Gasteiger charge is -2.14. The predicted molar refractivity (Wildman–Crippen MR) is 87.0 cm³/mol. The van der Waals surface area contributed by atoms with E-state index in [1.165, 1.54) is 0 Å². The Morgan fingerprint density at radius 3 is 2.96 bits per heavy atom. The zero-order valence-electron chi connectivity index (χ0n) is 13.7. The molecule has 0 saturated heterocycles. The fraction of sp³-hybridized carbons (Fsp3) is 0.438. The van der Waals surface area contributed by atoms with Crippen LogP contribution in [0.25, 0.3) is 0 Å². The first-order chi connectivity index (χ1) is 11.1. The number of aryl methyl sites for hydroxylation is 1. The number of ether oxygens (including phenoxy) is 1. The van der Waals surface area contributed by atoms with Gasteiger partial charge in [-0.05, 0) is 31.0 Å². The molecule has 0 fully saturated rings. The van der Waals surface area contributed by atoms with Crippen LogP contribution < -0.4 is 15.4 Å². The van der Waals surface area contributed by atoms with E-state index in [4.69, 9.17) is 4.74 Å². The van der Waals surface area contributed by atoms with Gasteiger partial charge >= 0.3 is 6.03 Å². The van der Waals surface area contributed by atoms with E-state index in [0.717, 1.165) is 17.7 Å². The summed E-state index contributed by atoms with van der Waals surface area (Å²) in [5.74, 6) is 1.52. The zero-order valence-corrected chi connectivity index (χ0v) is 13.7. The molecule has 2 rings (SSSR count). The molecule has 1 atom stereocenters. The molecule has 2 amide bonds. The predicted octanol–water partition coefficient (Wildman–Crippen LogP) is 2.16. The monoisotopic (exact) mass is 317 g/mol. The Balaban J connectivity index is 1.83. The van der Waals surface area contributed by atoms with Crippen molar-refractivity contribution < 1.29 is 9.53 Å². The van der Waals surface area contributed by atoms with E-state index in [0.29, 0.717) is 19.0 Å². The van der Waals surface area contributed by atoms with Crippen molar-refractivity contribution in [1.82, 2.24) is 25.4 Å². The topological polar surface area (TPSA) is 81.1 Å². The summed E-state index contributed by atoms with van der Waals surface area (Å²) in [5.41, 5.74) is 0.986. The molecule has 1 aromatic heterocycles. The van der Waals surface area contributed by atoms with Crippen LogP contribution in [0.4, 0.5) is 4.79 Å². The molecule has 1 unspecified atom stereocenters. The molecule has 0 bridgehead atoms. The van der Waals surface area contributed by atoms with Crippen molar-refractivity contribution in [2.24, 2.45) is 7.05 Å². The fourth-order valence-electron chi connectivity index (χ4n) is 2.14. The van der Waals surface area contributed by atoms with Gasteiger partial charge in [0.2, 0.25) is 0 Å². The maximum atomic E-state index is 12.0. The lowest BCUT2D eigenvalue weighted by atomic mass is 10.2. The number of carbonyl (C=O) groups excluding carboxylic acids is 1. The summed E-state index contributed by atoms with van der Waals surface area (Å²) in [6.45, 7) is 5.05. The van der Waals surface area contributed by atoms with E-state index in [9.17, 15) is 4.79 Å². The fourth-order valence-corrected chi connectivity index (χ4v) is 2.14. The summed E-state index contributed by atoms with van der Waals surface area (Å²) in [6, 6.07) is 7.24. The summed E-state index contributed by atoms with van der Waals surface area (Å²) < 4.78 is 7.36. The van der Waals surface area contributed by atoms with E-state index >= 15 is 0 Å². The Hall–Kier alpha value is -2.57. The minimum atomic E-state index is -0.250. The van der Waals surface area contributed by atoms with Crippen LogP contribution in [0.3, 0.4) is 0 Å². The smallest absolute Gasteiger partial charge is 0.315 e. The average molecular weight is 317 g/mol. The summed E-state index contributed by atoms with van der Waals surface area (Å²) in [7, 11) is 1.84. The van der Waals surface area contributed by atoms with Crippen molar-refractivity contribution in [2.45, 2.75) is 32.9 Å². The van der Waals surface area contributed by atoms with Crippen molar-refractivity contribution in [3.05, 3.63) is 42.0 Å². The summed E-state index contributed by atoms with van der Waals surface area (Å²) in [5, 5.41) is 13.5. The molecule has 0 aliphatic heterocycles. The van der Waals surface area contributed by atoms with Gasteiger partial charge in [0.15, 0.2) is 5.82 Å². The molecule has 7 heteroatoms. The Morgan fingerprint density at radius 1 is 1.43 bits per heavy atom. The van der Waals surface area contributed by atoms with Crippen LogP contribution in [-0.4, -0.2) is 27.4 Å². The second-order valence-electron chi connectivity index (χ2n) is 5.34. The highest BCUT2D eigenvalue weighted by molar-refractivity contribution is 5.74. The third kappa shape index (κ3) is 4.98. The number of urea groups is 1. The second-order valence-corrected chi connectivity index (χ2v) is 5.34. The Labute approximate surface area is 136 Å². The number of hydrogen-bond donors (Lipinski definition) is 2. The largest absolute Gasteiger partial charge is 0.494 e. The molecule has 1 heterocycles. The standard InChI is InChI=1S/C16H23N5O2/c1-4-8-23-14-7-5-6-13(9-14)10-17-16(22)19-12(2)15-20-18-11-21(15)3/h5-7,9,11-12H,4,8,10H2,1-3H3,(H2,17,19,22). The molecule has 0 aliphatic carbocycles. The van der Waals surface area contributed by atoms with Gasteiger partial charge in [-0.2, -0.15) is 0 Å². The van der Waals surface area contributed by atoms with Crippen LogP contribution in [0.1, 0.15) is 37.7 Å². The molecule has 0 aliphatic rings. The quantitative estimate of drug-likeness (QED) is 0.820. The summed E-state index contributed by atoms with van der Waals surface area (Å²) in [4.78, 5) is 12.0. The highest BCUT2D eigenvalue weighted by Crippen LogP contribution is 2.13. The van der Waals surface area contributed by atoms with Crippen LogP contribution in [0.5, 0.6) is 5.75 Å². The SMILES string of the molecule is CCCOc1cccc(CNC(=O)NC(C)c2nncn2C)c1. The van der Waals surface area contributed by atoms with Gasteiger partial charge < -0.3 is 19.9 Å². The van der Waals surface area contributed by atoms with E-state index in [2.05, 4.69) is 27.8 Å². The Kier molecular flexibility index (Phi) is 5.96. The number of amides is 2.